The molecule has 1 aliphatic rings. The van der Waals surface area contributed by atoms with Crippen molar-refractivity contribution in [3.8, 4) is 5.75 Å². The molecule has 5 heteroatoms. The third kappa shape index (κ3) is 5.28. The Labute approximate surface area is 133 Å². The van der Waals surface area contributed by atoms with Crippen LogP contribution >= 0.6 is 27.7 Å². The molecule has 1 aromatic carbocycles. The number of aliphatic hydroxyl groups excluding tert-OH is 1. The highest BCUT2D eigenvalue weighted by atomic mass is 79.9. The Hall–Kier alpha value is -0.230. The van der Waals surface area contributed by atoms with Gasteiger partial charge in [0.1, 0.15) is 18.5 Å². The van der Waals surface area contributed by atoms with Crippen LogP contribution in [0, 0.1) is 0 Å². The number of thioether (sulfide) groups is 1. The minimum atomic E-state index is -0.466. The van der Waals surface area contributed by atoms with Crippen LogP contribution in [0.3, 0.4) is 0 Å². The third-order valence-electron chi connectivity index (χ3n) is 3.62. The lowest BCUT2D eigenvalue weighted by atomic mass is 10.2. The molecule has 0 aromatic heterocycles. The molecule has 2 N–H and O–H groups in total. The van der Waals surface area contributed by atoms with Crippen LogP contribution in [0.15, 0.2) is 28.7 Å². The maximum Gasteiger partial charge on any atom is 0.119 e. The van der Waals surface area contributed by atoms with Gasteiger partial charge in [0.25, 0.3) is 0 Å². The van der Waals surface area contributed by atoms with Crippen LogP contribution in [0.2, 0.25) is 0 Å². The lowest BCUT2D eigenvalue weighted by Gasteiger charge is -2.17. The summed E-state index contributed by atoms with van der Waals surface area (Å²) >= 11 is 5.33. The van der Waals surface area contributed by atoms with Gasteiger partial charge in [0.15, 0.2) is 0 Å². The largest absolute Gasteiger partial charge is 0.491 e. The van der Waals surface area contributed by atoms with E-state index >= 15 is 0 Å². The Morgan fingerprint density at radius 2 is 2.15 bits per heavy atom. The molecule has 0 radical (unpaired) electrons. The van der Waals surface area contributed by atoms with E-state index in [0.29, 0.717) is 19.2 Å². The molecule has 0 spiro atoms. The van der Waals surface area contributed by atoms with E-state index in [1.54, 1.807) is 0 Å². The molecular weight excluding hydrogens is 338 g/mol. The molecular formula is C15H22BrNO2S. The zero-order valence-corrected chi connectivity index (χ0v) is 14.1. The molecule has 0 amide bonds. The molecule has 3 nitrogen and oxygen atoms in total. The molecule has 2 rings (SSSR count). The van der Waals surface area contributed by atoms with Gasteiger partial charge in [-0.05, 0) is 49.8 Å². The standard InChI is InChI=1S/C15H22BrNO2S/c1-20-15-7-4-12(8-15)17-9-13(18)10-19-14-5-2-11(16)3-6-14/h2-3,5-6,12-13,15,17-18H,4,7-10H2,1H3. The number of hydrogen-bond acceptors (Lipinski definition) is 4. The van der Waals surface area contributed by atoms with E-state index in [1.165, 1.54) is 19.3 Å². The van der Waals surface area contributed by atoms with Crippen molar-refractivity contribution >= 4 is 27.7 Å². The molecule has 1 aromatic rings. The molecule has 3 unspecified atom stereocenters. The first-order chi connectivity index (χ1) is 9.67. The number of hydrogen-bond donors (Lipinski definition) is 2. The second kappa shape index (κ2) is 8.27. The van der Waals surface area contributed by atoms with Crippen LogP contribution in [-0.2, 0) is 0 Å². The van der Waals surface area contributed by atoms with Crippen molar-refractivity contribution in [3.63, 3.8) is 0 Å². The fraction of sp³-hybridized carbons (Fsp3) is 0.600. The molecule has 20 heavy (non-hydrogen) atoms. The van der Waals surface area contributed by atoms with E-state index in [1.807, 2.05) is 36.0 Å². The Morgan fingerprint density at radius 3 is 2.80 bits per heavy atom. The third-order valence-corrected chi connectivity index (χ3v) is 5.24. The summed E-state index contributed by atoms with van der Waals surface area (Å²) in [7, 11) is 0. The fourth-order valence-corrected chi connectivity index (χ4v) is 3.49. The Bertz CT molecular complexity index is 401. The minimum Gasteiger partial charge on any atom is -0.491 e. The summed E-state index contributed by atoms with van der Waals surface area (Å²) in [6.07, 6.45) is 5.41. The zero-order chi connectivity index (χ0) is 14.4. The van der Waals surface area contributed by atoms with Crippen molar-refractivity contribution in [1.82, 2.24) is 5.32 Å². The van der Waals surface area contributed by atoms with E-state index in [0.717, 1.165) is 15.5 Å². The molecule has 3 atom stereocenters. The smallest absolute Gasteiger partial charge is 0.119 e. The summed E-state index contributed by atoms with van der Waals surface area (Å²) < 4.78 is 6.59. The monoisotopic (exact) mass is 359 g/mol. The van der Waals surface area contributed by atoms with Crippen LogP contribution in [0.25, 0.3) is 0 Å². The lowest BCUT2D eigenvalue weighted by Crippen LogP contribution is -2.37. The van der Waals surface area contributed by atoms with Crippen molar-refractivity contribution in [3.05, 3.63) is 28.7 Å². The first-order valence-corrected chi connectivity index (χ1v) is 9.08. The van der Waals surface area contributed by atoms with E-state index in [9.17, 15) is 5.11 Å². The molecule has 0 bridgehead atoms. The number of aliphatic hydroxyl groups is 1. The molecule has 0 heterocycles. The highest BCUT2D eigenvalue weighted by molar-refractivity contribution is 9.10. The average molecular weight is 360 g/mol. The van der Waals surface area contributed by atoms with E-state index < -0.39 is 6.10 Å². The highest BCUT2D eigenvalue weighted by Gasteiger charge is 2.23. The van der Waals surface area contributed by atoms with E-state index in [4.69, 9.17) is 4.74 Å². The second-order valence-corrected chi connectivity index (χ2v) is 7.25. The first kappa shape index (κ1) is 16.1. The Kier molecular flexibility index (Phi) is 6.68. The van der Waals surface area contributed by atoms with Crippen LogP contribution in [0.1, 0.15) is 19.3 Å². The summed E-state index contributed by atoms with van der Waals surface area (Å²) in [6, 6.07) is 8.20. The van der Waals surface area contributed by atoms with Crippen molar-refractivity contribution in [1.29, 1.82) is 0 Å². The number of ether oxygens (including phenoxy) is 1. The predicted molar refractivity (Wildman–Crippen MR) is 88.6 cm³/mol. The maximum absolute atomic E-state index is 9.95. The summed E-state index contributed by atoms with van der Waals surface area (Å²) in [5.41, 5.74) is 0. The van der Waals surface area contributed by atoms with Gasteiger partial charge in [-0.25, -0.2) is 0 Å². The highest BCUT2D eigenvalue weighted by Crippen LogP contribution is 2.28. The van der Waals surface area contributed by atoms with Crippen molar-refractivity contribution in [2.45, 2.75) is 36.7 Å². The average Bonchev–Trinajstić information content (AvgIpc) is 2.92. The van der Waals surface area contributed by atoms with Crippen LogP contribution in [-0.4, -0.2) is 41.9 Å². The first-order valence-electron chi connectivity index (χ1n) is 7.00. The molecule has 0 aliphatic heterocycles. The minimum absolute atomic E-state index is 0.327. The van der Waals surface area contributed by atoms with Gasteiger partial charge in [0.2, 0.25) is 0 Å². The number of benzene rings is 1. The maximum atomic E-state index is 9.95. The van der Waals surface area contributed by atoms with Gasteiger partial charge in [-0.1, -0.05) is 15.9 Å². The normalized spacial score (nSPS) is 23.8. The van der Waals surface area contributed by atoms with Crippen molar-refractivity contribution in [2.24, 2.45) is 0 Å². The molecule has 112 valence electrons. The van der Waals surface area contributed by atoms with Gasteiger partial charge >= 0.3 is 0 Å². The predicted octanol–water partition coefficient (Wildman–Crippen LogP) is 3.06. The number of nitrogens with one attached hydrogen (secondary N) is 1. The topological polar surface area (TPSA) is 41.5 Å². The second-order valence-electron chi connectivity index (χ2n) is 5.19. The molecule has 1 saturated carbocycles. The van der Waals surface area contributed by atoms with Gasteiger partial charge < -0.3 is 15.2 Å². The number of rotatable bonds is 7. The van der Waals surface area contributed by atoms with Crippen LogP contribution < -0.4 is 10.1 Å². The quantitative estimate of drug-likeness (QED) is 0.784. The Balaban J connectivity index is 1.63. The summed E-state index contributed by atoms with van der Waals surface area (Å²) in [4.78, 5) is 0. The van der Waals surface area contributed by atoms with Gasteiger partial charge in [-0.3, -0.25) is 0 Å². The van der Waals surface area contributed by atoms with Gasteiger partial charge in [-0.2, -0.15) is 11.8 Å². The summed E-state index contributed by atoms with van der Waals surface area (Å²) in [5.74, 6) is 0.788. The van der Waals surface area contributed by atoms with Gasteiger partial charge in [-0.15, -0.1) is 0 Å². The molecule has 0 saturated heterocycles. The molecule has 1 aliphatic carbocycles. The van der Waals surface area contributed by atoms with E-state index in [-0.39, 0.29) is 0 Å². The van der Waals surface area contributed by atoms with Gasteiger partial charge in [0, 0.05) is 22.3 Å². The Morgan fingerprint density at radius 1 is 1.40 bits per heavy atom. The van der Waals surface area contributed by atoms with E-state index in [2.05, 4.69) is 27.5 Å². The summed E-state index contributed by atoms with van der Waals surface area (Å²) in [5, 5.41) is 14.2. The SMILES string of the molecule is CSC1CCC(NCC(O)COc2ccc(Br)cc2)C1. The van der Waals surface area contributed by atoms with Crippen molar-refractivity contribution in [2.75, 3.05) is 19.4 Å². The fourth-order valence-electron chi connectivity index (χ4n) is 2.42. The molecule has 1 fully saturated rings. The van der Waals surface area contributed by atoms with Gasteiger partial charge in [0.05, 0.1) is 0 Å². The van der Waals surface area contributed by atoms with Crippen molar-refractivity contribution < 1.29 is 9.84 Å². The van der Waals surface area contributed by atoms with Crippen LogP contribution in [0.5, 0.6) is 5.75 Å². The lowest BCUT2D eigenvalue weighted by molar-refractivity contribution is 0.104. The number of halogens is 1. The summed E-state index contributed by atoms with van der Waals surface area (Å²) in [6.45, 7) is 0.926. The zero-order valence-electron chi connectivity index (χ0n) is 11.7. The van der Waals surface area contributed by atoms with Crippen LogP contribution in [0.4, 0.5) is 0 Å².